The molecule has 1 aliphatic rings. The Morgan fingerprint density at radius 3 is 2.90 bits per heavy atom. The first-order valence-electron chi connectivity index (χ1n) is 8.69. The third-order valence-electron chi connectivity index (χ3n) is 4.72. The van der Waals surface area contributed by atoms with Crippen LogP contribution in [0.5, 0.6) is 0 Å². The van der Waals surface area contributed by atoms with Gasteiger partial charge in [-0.2, -0.15) is 10.1 Å². The summed E-state index contributed by atoms with van der Waals surface area (Å²) in [6.07, 6.45) is 3.08. The maximum atomic E-state index is 13.9. The summed E-state index contributed by atoms with van der Waals surface area (Å²) in [5.41, 5.74) is 3.36. The van der Waals surface area contributed by atoms with Crippen LogP contribution in [0.15, 0.2) is 46.0 Å². The van der Waals surface area contributed by atoms with Crippen LogP contribution in [-0.2, 0) is 6.54 Å². The highest BCUT2D eigenvalue weighted by molar-refractivity contribution is 5.71. The van der Waals surface area contributed by atoms with Crippen molar-refractivity contribution in [2.45, 2.75) is 13.5 Å². The standard InChI is InChI=1S/C18H11FN8O2/c1-9-4-14(28-24-9)18-23-16(25-29-18)15-13-6-27-17(20-7-22-27)11-5-10(19)2-3-12(11)26(13)8-21-15/h2-5,7-8H,6H2,1H3. The fraction of sp³-hybridized carbons (Fsp3) is 0.111. The Balaban J connectivity index is 1.52. The molecule has 0 fully saturated rings. The normalized spacial score (nSPS) is 12.3. The molecule has 142 valence electrons. The summed E-state index contributed by atoms with van der Waals surface area (Å²) in [6.45, 7) is 2.15. The second-order valence-corrected chi connectivity index (χ2v) is 6.57. The van der Waals surface area contributed by atoms with Gasteiger partial charge in [-0.1, -0.05) is 10.3 Å². The number of hydrogen-bond acceptors (Lipinski definition) is 8. The van der Waals surface area contributed by atoms with E-state index in [1.54, 1.807) is 30.1 Å². The number of rotatable bonds is 2. The van der Waals surface area contributed by atoms with Gasteiger partial charge in [0.2, 0.25) is 11.6 Å². The summed E-state index contributed by atoms with van der Waals surface area (Å²) in [6, 6.07) is 6.22. The molecule has 1 aromatic carbocycles. The molecule has 0 bridgehead atoms. The van der Waals surface area contributed by atoms with Crippen LogP contribution < -0.4 is 0 Å². The maximum absolute atomic E-state index is 13.9. The molecule has 6 rings (SSSR count). The Bertz CT molecular complexity index is 1380. The van der Waals surface area contributed by atoms with Gasteiger partial charge < -0.3 is 9.05 Å². The molecule has 0 saturated carbocycles. The van der Waals surface area contributed by atoms with Crippen molar-refractivity contribution in [2.75, 3.05) is 0 Å². The van der Waals surface area contributed by atoms with Gasteiger partial charge in [0, 0.05) is 11.6 Å². The minimum atomic E-state index is -0.354. The largest absolute Gasteiger partial charge is 0.351 e. The number of aryl methyl sites for hydroxylation is 1. The van der Waals surface area contributed by atoms with Crippen molar-refractivity contribution < 1.29 is 13.4 Å². The average Bonchev–Trinajstić information content (AvgIpc) is 3.48. The molecule has 4 aromatic heterocycles. The van der Waals surface area contributed by atoms with Gasteiger partial charge in [0.15, 0.2) is 5.82 Å². The van der Waals surface area contributed by atoms with E-state index in [2.05, 4.69) is 30.4 Å². The Labute approximate surface area is 161 Å². The smallest absolute Gasteiger partial charge is 0.296 e. The fourth-order valence-electron chi connectivity index (χ4n) is 3.43. The van der Waals surface area contributed by atoms with Crippen molar-refractivity contribution in [1.82, 2.24) is 39.6 Å². The van der Waals surface area contributed by atoms with Crippen LogP contribution in [0.4, 0.5) is 4.39 Å². The minimum absolute atomic E-state index is 0.208. The molecule has 1 aliphatic heterocycles. The number of hydrogen-bond donors (Lipinski definition) is 0. The zero-order chi connectivity index (χ0) is 19.5. The first-order valence-corrected chi connectivity index (χ1v) is 8.69. The van der Waals surface area contributed by atoms with Gasteiger partial charge in [-0.3, -0.25) is 4.57 Å². The maximum Gasteiger partial charge on any atom is 0.296 e. The summed E-state index contributed by atoms with van der Waals surface area (Å²) < 4.78 is 27.9. The number of imidazole rings is 1. The molecule has 0 radical (unpaired) electrons. The molecule has 0 spiro atoms. The quantitative estimate of drug-likeness (QED) is 0.443. The molecule has 0 amide bonds. The van der Waals surface area contributed by atoms with Gasteiger partial charge >= 0.3 is 0 Å². The lowest BCUT2D eigenvalue weighted by molar-refractivity contribution is 0.383. The summed E-state index contributed by atoms with van der Waals surface area (Å²) in [4.78, 5) is 13.2. The van der Waals surface area contributed by atoms with Crippen molar-refractivity contribution in [3.05, 3.63) is 54.1 Å². The van der Waals surface area contributed by atoms with Gasteiger partial charge in [-0.05, 0) is 25.1 Å². The Morgan fingerprint density at radius 2 is 2.03 bits per heavy atom. The average molecular weight is 390 g/mol. The molecule has 0 saturated heterocycles. The van der Waals surface area contributed by atoms with Crippen molar-refractivity contribution in [1.29, 1.82) is 0 Å². The number of aromatic nitrogens is 8. The van der Waals surface area contributed by atoms with Gasteiger partial charge in [0.1, 0.15) is 24.2 Å². The fourth-order valence-corrected chi connectivity index (χ4v) is 3.43. The molecular weight excluding hydrogens is 379 g/mol. The van der Waals surface area contributed by atoms with Gasteiger partial charge in [0.25, 0.3) is 5.89 Å². The van der Waals surface area contributed by atoms with Gasteiger partial charge in [-0.15, -0.1) is 0 Å². The third kappa shape index (κ3) is 2.33. The van der Waals surface area contributed by atoms with E-state index in [0.29, 0.717) is 40.9 Å². The van der Waals surface area contributed by atoms with Crippen molar-refractivity contribution in [3.63, 3.8) is 0 Å². The second-order valence-electron chi connectivity index (χ2n) is 6.57. The zero-order valence-corrected chi connectivity index (χ0v) is 14.9. The SMILES string of the molecule is Cc1cc(-c2nc(-c3ncn4c3Cn3ncnc3-c3cc(F)ccc3-4)no2)on1. The van der Waals surface area contributed by atoms with Crippen molar-refractivity contribution in [3.8, 4) is 40.2 Å². The Kier molecular flexibility index (Phi) is 3.10. The van der Waals surface area contributed by atoms with E-state index in [1.165, 1.54) is 18.5 Å². The number of benzene rings is 1. The highest BCUT2D eigenvalue weighted by atomic mass is 19.1. The molecule has 0 aliphatic carbocycles. The van der Waals surface area contributed by atoms with E-state index in [0.717, 1.165) is 11.4 Å². The van der Waals surface area contributed by atoms with Crippen LogP contribution in [-0.4, -0.2) is 39.6 Å². The second kappa shape index (κ2) is 5.67. The van der Waals surface area contributed by atoms with E-state index < -0.39 is 0 Å². The molecule has 0 atom stereocenters. The van der Waals surface area contributed by atoms with Crippen molar-refractivity contribution >= 4 is 0 Å². The molecule has 29 heavy (non-hydrogen) atoms. The molecule has 0 N–H and O–H groups in total. The highest BCUT2D eigenvalue weighted by Crippen LogP contribution is 2.34. The molecule has 11 heteroatoms. The van der Waals surface area contributed by atoms with E-state index in [1.807, 2.05) is 4.57 Å². The topological polar surface area (TPSA) is 113 Å². The molecule has 5 aromatic rings. The highest BCUT2D eigenvalue weighted by Gasteiger charge is 2.27. The monoisotopic (exact) mass is 390 g/mol. The van der Waals surface area contributed by atoms with Gasteiger partial charge in [0.05, 0.1) is 23.6 Å². The van der Waals surface area contributed by atoms with Gasteiger partial charge in [-0.25, -0.2) is 19.0 Å². The number of halogens is 1. The molecule has 10 nitrogen and oxygen atoms in total. The molecule has 5 heterocycles. The summed E-state index contributed by atoms with van der Waals surface area (Å²) in [5, 5.41) is 12.1. The van der Waals surface area contributed by atoms with Crippen LogP contribution >= 0.6 is 0 Å². The predicted octanol–water partition coefficient (Wildman–Crippen LogP) is 2.65. The molecular formula is C18H11FN8O2. The van der Waals surface area contributed by atoms with E-state index in [4.69, 9.17) is 9.05 Å². The zero-order valence-electron chi connectivity index (χ0n) is 14.9. The first-order chi connectivity index (χ1) is 14.2. The van der Waals surface area contributed by atoms with E-state index in [9.17, 15) is 4.39 Å². The van der Waals surface area contributed by atoms with Crippen LogP contribution in [0, 0.1) is 12.7 Å². The van der Waals surface area contributed by atoms with Crippen LogP contribution in [0.25, 0.3) is 40.2 Å². The first kappa shape index (κ1) is 15.9. The van der Waals surface area contributed by atoms with Crippen molar-refractivity contribution in [2.24, 2.45) is 0 Å². The number of nitrogens with zero attached hydrogens (tertiary/aromatic N) is 8. The Morgan fingerprint density at radius 1 is 1.10 bits per heavy atom. The Hall–Kier alpha value is -4.15. The summed E-state index contributed by atoms with van der Waals surface area (Å²) in [7, 11) is 0. The summed E-state index contributed by atoms with van der Waals surface area (Å²) in [5.74, 6) is 1.10. The van der Waals surface area contributed by atoms with E-state index >= 15 is 0 Å². The van der Waals surface area contributed by atoms with E-state index in [-0.39, 0.29) is 11.7 Å². The minimum Gasteiger partial charge on any atom is -0.351 e. The predicted molar refractivity (Wildman–Crippen MR) is 95.2 cm³/mol. The van der Waals surface area contributed by atoms with Crippen LogP contribution in [0.3, 0.4) is 0 Å². The lowest BCUT2D eigenvalue weighted by Gasteiger charge is -2.08. The lowest BCUT2D eigenvalue weighted by Crippen LogP contribution is -2.05. The third-order valence-corrected chi connectivity index (χ3v) is 4.72. The van der Waals surface area contributed by atoms with Crippen LogP contribution in [0.1, 0.15) is 11.4 Å². The van der Waals surface area contributed by atoms with Crippen LogP contribution in [0.2, 0.25) is 0 Å². The molecule has 0 unspecified atom stereocenters. The number of fused-ring (bicyclic) bond motifs is 5. The summed E-state index contributed by atoms with van der Waals surface area (Å²) >= 11 is 0. The lowest BCUT2D eigenvalue weighted by atomic mass is 10.1.